The third-order valence-electron chi connectivity index (χ3n) is 5.78. The molecule has 2 aromatic rings. The number of piperidine rings is 1. The van der Waals surface area contributed by atoms with Crippen LogP contribution in [0, 0.1) is 5.82 Å². The lowest BCUT2D eigenvalue weighted by Gasteiger charge is -2.32. The Balaban J connectivity index is 1.40. The lowest BCUT2D eigenvalue weighted by Crippen LogP contribution is -2.50. The highest BCUT2D eigenvalue weighted by atomic mass is 19.3. The average molecular weight is 507 g/mol. The van der Waals surface area contributed by atoms with E-state index in [9.17, 15) is 32.7 Å². The van der Waals surface area contributed by atoms with Crippen LogP contribution in [0.5, 0.6) is 0 Å². The molecular formula is C25H27F3N3O5-. The Hall–Kier alpha value is -3.60. The monoisotopic (exact) mass is 506 g/mol. The number of nitrogens with one attached hydrogen (secondary N) is 2. The zero-order chi connectivity index (χ0) is 26.1. The van der Waals surface area contributed by atoms with Crippen molar-refractivity contribution in [2.24, 2.45) is 0 Å². The van der Waals surface area contributed by atoms with Gasteiger partial charge in [-0.1, -0.05) is 24.3 Å². The van der Waals surface area contributed by atoms with Gasteiger partial charge in [0, 0.05) is 38.2 Å². The summed E-state index contributed by atoms with van der Waals surface area (Å²) in [7, 11) is 0. The summed E-state index contributed by atoms with van der Waals surface area (Å²) >= 11 is 0. The van der Waals surface area contributed by atoms with Crippen LogP contribution in [0.2, 0.25) is 0 Å². The van der Waals surface area contributed by atoms with E-state index in [2.05, 4.69) is 10.6 Å². The summed E-state index contributed by atoms with van der Waals surface area (Å²) in [6, 6.07) is 10.8. The molecule has 0 saturated carbocycles. The van der Waals surface area contributed by atoms with Crippen LogP contribution in [-0.4, -0.2) is 54.5 Å². The van der Waals surface area contributed by atoms with E-state index in [1.165, 1.54) is 24.3 Å². The summed E-state index contributed by atoms with van der Waals surface area (Å²) < 4.78 is 44.5. The molecule has 2 N–H and O–H groups in total. The number of alkyl carbamates (subject to hydrolysis) is 1. The minimum absolute atomic E-state index is 0.00464. The summed E-state index contributed by atoms with van der Waals surface area (Å²) in [5.74, 6) is -4.85. The molecule has 11 heteroatoms. The van der Waals surface area contributed by atoms with Crippen LogP contribution in [0.4, 0.5) is 23.7 Å². The van der Waals surface area contributed by atoms with Gasteiger partial charge in [0.15, 0.2) is 0 Å². The summed E-state index contributed by atoms with van der Waals surface area (Å²) in [4.78, 5) is 37.3. The number of hydrogen-bond donors (Lipinski definition) is 2. The molecule has 194 valence electrons. The highest BCUT2D eigenvalue weighted by Crippen LogP contribution is 2.27. The zero-order valence-electron chi connectivity index (χ0n) is 19.5. The van der Waals surface area contributed by atoms with Gasteiger partial charge in [0.05, 0.1) is 18.4 Å². The molecule has 1 fully saturated rings. The van der Waals surface area contributed by atoms with Crippen molar-refractivity contribution in [2.45, 2.75) is 44.3 Å². The third kappa shape index (κ3) is 8.88. The summed E-state index contributed by atoms with van der Waals surface area (Å²) in [5, 5.41) is 16.3. The number of anilines is 1. The number of carboxylic acid groups (broad SMARTS) is 1. The first-order chi connectivity index (χ1) is 17.1. The Morgan fingerprint density at radius 2 is 1.61 bits per heavy atom. The molecule has 2 aromatic carbocycles. The second-order valence-electron chi connectivity index (χ2n) is 8.63. The van der Waals surface area contributed by atoms with E-state index >= 15 is 0 Å². The highest BCUT2D eigenvalue weighted by Gasteiger charge is 2.34. The Labute approximate surface area is 206 Å². The predicted molar refractivity (Wildman–Crippen MR) is 123 cm³/mol. The van der Waals surface area contributed by atoms with E-state index in [1.807, 2.05) is 0 Å². The number of carbonyl (C=O) groups excluding carboxylic acids is 3. The molecule has 0 aromatic heterocycles. The fourth-order valence-corrected chi connectivity index (χ4v) is 3.67. The summed E-state index contributed by atoms with van der Waals surface area (Å²) in [5.41, 5.74) is 1.78. The molecule has 1 saturated heterocycles. The average Bonchev–Trinajstić information content (AvgIpc) is 2.83. The Bertz CT molecular complexity index is 1040. The van der Waals surface area contributed by atoms with Gasteiger partial charge >= 0.3 is 6.09 Å². The minimum atomic E-state index is -2.69. The van der Waals surface area contributed by atoms with Gasteiger partial charge in [0.25, 0.3) is 5.92 Å². The van der Waals surface area contributed by atoms with Gasteiger partial charge in [-0.15, -0.1) is 0 Å². The van der Waals surface area contributed by atoms with Crippen molar-refractivity contribution in [3.8, 4) is 0 Å². The van der Waals surface area contributed by atoms with Crippen molar-refractivity contribution in [1.82, 2.24) is 10.2 Å². The van der Waals surface area contributed by atoms with E-state index in [1.54, 1.807) is 29.2 Å². The number of amides is 2. The van der Waals surface area contributed by atoms with Crippen LogP contribution in [-0.2, 0) is 27.4 Å². The van der Waals surface area contributed by atoms with E-state index in [0.29, 0.717) is 16.8 Å². The maximum Gasteiger partial charge on any atom is 0.407 e. The minimum Gasteiger partial charge on any atom is -0.548 e. The lowest BCUT2D eigenvalue weighted by atomic mass is 10.1. The van der Waals surface area contributed by atoms with Crippen molar-refractivity contribution in [2.75, 3.05) is 25.0 Å². The van der Waals surface area contributed by atoms with Gasteiger partial charge in [-0.3, -0.25) is 4.79 Å². The van der Waals surface area contributed by atoms with Crippen LogP contribution in [0.3, 0.4) is 0 Å². The molecule has 3 rings (SSSR count). The largest absolute Gasteiger partial charge is 0.548 e. The second kappa shape index (κ2) is 12.4. The van der Waals surface area contributed by atoms with Crippen molar-refractivity contribution in [3.05, 3.63) is 65.5 Å². The number of halogens is 3. The first kappa shape index (κ1) is 27.0. The number of aliphatic carboxylic acids is 1. The van der Waals surface area contributed by atoms with E-state index < -0.39 is 24.0 Å². The number of alkyl halides is 2. The van der Waals surface area contributed by atoms with Gasteiger partial charge in [0.1, 0.15) is 12.4 Å². The molecule has 0 aliphatic carbocycles. The molecule has 2 amide bonds. The third-order valence-corrected chi connectivity index (χ3v) is 5.78. The maximum atomic E-state index is 13.2. The van der Waals surface area contributed by atoms with Gasteiger partial charge in [-0.2, -0.15) is 0 Å². The number of rotatable bonds is 10. The molecule has 0 unspecified atom stereocenters. The number of carboxylic acids is 1. The number of hydrogen-bond acceptors (Lipinski definition) is 6. The predicted octanol–water partition coefficient (Wildman–Crippen LogP) is 2.47. The van der Waals surface area contributed by atoms with E-state index in [0.717, 1.165) is 0 Å². The molecule has 1 aliphatic rings. The molecule has 1 aliphatic heterocycles. The lowest BCUT2D eigenvalue weighted by molar-refractivity contribution is -0.308. The maximum absolute atomic E-state index is 13.2. The van der Waals surface area contributed by atoms with Gasteiger partial charge in [-0.05, 0) is 41.8 Å². The molecule has 36 heavy (non-hydrogen) atoms. The SMILES string of the molecule is O=C(Cc1ccc(F)cc1)Nc1ccc(COC(=O)N[C@@H](CCN2CCC(F)(F)CC2)C(=O)[O-])cc1. The molecule has 1 heterocycles. The zero-order valence-corrected chi connectivity index (χ0v) is 19.5. The number of benzene rings is 2. The number of nitrogens with zero attached hydrogens (tertiary/aromatic N) is 1. The summed E-state index contributed by atoms with van der Waals surface area (Å²) in [6.45, 7) is 0.389. The number of ether oxygens (including phenoxy) is 1. The molecule has 1 atom stereocenters. The molecule has 0 bridgehead atoms. The first-order valence-corrected chi connectivity index (χ1v) is 11.5. The molecule has 8 nitrogen and oxygen atoms in total. The molecule has 0 spiro atoms. The number of carbonyl (C=O) groups is 3. The van der Waals surface area contributed by atoms with Gasteiger partial charge < -0.3 is 30.2 Å². The van der Waals surface area contributed by atoms with Crippen LogP contribution < -0.4 is 15.7 Å². The van der Waals surface area contributed by atoms with Gasteiger partial charge in [0.2, 0.25) is 5.91 Å². The van der Waals surface area contributed by atoms with E-state index in [4.69, 9.17) is 4.74 Å². The van der Waals surface area contributed by atoms with Crippen LogP contribution in [0.15, 0.2) is 48.5 Å². The van der Waals surface area contributed by atoms with Crippen LogP contribution in [0.25, 0.3) is 0 Å². The topological polar surface area (TPSA) is 111 Å². The molecule has 0 radical (unpaired) electrons. The second-order valence-corrected chi connectivity index (χ2v) is 8.63. The number of likely N-dealkylation sites (tertiary alicyclic amines) is 1. The van der Waals surface area contributed by atoms with Crippen molar-refractivity contribution in [1.29, 1.82) is 0 Å². The quantitative estimate of drug-likeness (QED) is 0.512. The van der Waals surface area contributed by atoms with Crippen LogP contribution in [0.1, 0.15) is 30.4 Å². The Morgan fingerprint density at radius 3 is 2.22 bits per heavy atom. The standard InChI is InChI=1S/C25H28F3N3O5/c26-19-5-1-17(2-6-19)15-22(32)29-20-7-3-18(4-8-20)16-36-24(35)30-21(23(33)34)9-12-31-13-10-25(27,28)11-14-31/h1-8,21H,9-16H2,(H,29,32)(H,30,35)(H,33,34)/p-1/t21-/m0/s1. The fourth-order valence-electron chi connectivity index (χ4n) is 3.67. The van der Waals surface area contributed by atoms with Crippen LogP contribution >= 0.6 is 0 Å². The highest BCUT2D eigenvalue weighted by molar-refractivity contribution is 5.92. The Morgan fingerprint density at radius 1 is 1.00 bits per heavy atom. The first-order valence-electron chi connectivity index (χ1n) is 11.5. The smallest absolute Gasteiger partial charge is 0.407 e. The van der Waals surface area contributed by atoms with Crippen molar-refractivity contribution >= 4 is 23.7 Å². The fraction of sp³-hybridized carbons (Fsp3) is 0.400. The van der Waals surface area contributed by atoms with E-state index in [-0.39, 0.29) is 63.6 Å². The van der Waals surface area contributed by atoms with Gasteiger partial charge in [-0.25, -0.2) is 18.0 Å². The summed E-state index contributed by atoms with van der Waals surface area (Å²) in [6.07, 6.45) is -1.44. The van der Waals surface area contributed by atoms with Crippen molar-refractivity contribution in [3.63, 3.8) is 0 Å². The molecular weight excluding hydrogens is 479 g/mol. The Kier molecular flexibility index (Phi) is 9.29. The normalized spacial score (nSPS) is 16.1. The van der Waals surface area contributed by atoms with Crippen molar-refractivity contribution < 1.29 is 37.4 Å².